The van der Waals surface area contributed by atoms with Crippen LogP contribution in [-0.4, -0.2) is 28.2 Å². The van der Waals surface area contributed by atoms with Crippen molar-refractivity contribution >= 4 is 11.7 Å². The van der Waals surface area contributed by atoms with E-state index in [2.05, 4.69) is 10.3 Å². The van der Waals surface area contributed by atoms with Crippen molar-refractivity contribution in [3.05, 3.63) is 17.7 Å². The second kappa shape index (κ2) is 5.57. The summed E-state index contributed by atoms with van der Waals surface area (Å²) < 4.78 is 5.83. The Hall–Kier alpha value is -1.62. The summed E-state index contributed by atoms with van der Waals surface area (Å²) >= 11 is 0. The van der Waals surface area contributed by atoms with Crippen LogP contribution >= 0.6 is 0 Å². The Morgan fingerprint density at radius 1 is 1.42 bits per heavy atom. The maximum atomic E-state index is 11.3. The van der Waals surface area contributed by atoms with Crippen molar-refractivity contribution in [3.63, 3.8) is 0 Å². The van der Waals surface area contributed by atoms with Crippen molar-refractivity contribution in [3.8, 4) is 5.88 Å². The molecule has 1 aromatic heterocycles. The number of hydrogen-bond donors (Lipinski definition) is 2. The molecule has 0 unspecified atom stereocenters. The van der Waals surface area contributed by atoms with Crippen LogP contribution in [0.15, 0.2) is 12.1 Å². The zero-order valence-corrected chi connectivity index (χ0v) is 11.4. The molecule has 1 amide bonds. The van der Waals surface area contributed by atoms with E-state index >= 15 is 0 Å². The number of anilines is 1. The van der Waals surface area contributed by atoms with Gasteiger partial charge in [-0.2, -0.15) is 4.98 Å². The number of amides is 1. The lowest BCUT2D eigenvalue weighted by atomic mass is 10.0. The molecule has 2 rings (SSSR count). The van der Waals surface area contributed by atoms with Gasteiger partial charge in [0, 0.05) is 19.1 Å². The first-order valence-corrected chi connectivity index (χ1v) is 6.60. The van der Waals surface area contributed by atoms with Gasteiger partial charge in [-0.3, -0.25) is 4.79 Å². The minimum atomic E-state index is -0.386. The number of aliphatic hydroxyl groups is 1. The van der Waals surface area contributed by atoms with E-state index in [1.165, 1.54) is 0 Å². The topological polar surface area (TPSA) is 71.5 Å². The molecular weight excluding hydrogens is 244 g/mol. The fourth-order valence-corrected chi connectivity index (χ4v) is 2.12. The quantitative estimate of drug-likeness (QED) is 0.852. The van der Waals surface area contributed by atoms with Crippen LogP contribution in [0.1, 0.15) is 38.7 Å². The maximum absolute atomic E-state index is 11.3. The first-order valence-electron chi connectivity index (χ1n) is 6.60. The highest BCUT2D eigenvalue weighted by Crippen LogP contribution is 2.26. The number of aliphatic hydroxyl groups excluding tert-OH is 1. The molecule has 0 saturated heterocycles. The molecule has 0 radical (unpaired) electrons. The predicted octanol–water partition coefficient (Wildman–Crippen LogP) is 1.90. The van der Waals surface area contributed by atoms with Crippen LogP contribution in [0.3, 0.4) is 0 Å². The van der Waals surface area contributed by atoms with Crippen molar-refractivity contribution in [2.24, 2.45) is 0 Å². The molecule has 0 spiro atoms. The number of nitrogens with one attached hydrogen (secondary N) is 1. The van der Waals surface area contributed by atoms with Crippen LogP contribution in [0.2, 0.25) is 0 Å². The minimum Gasteiger partial charge on any atom is -0.472 e. The summed E-state index contributed by atoms with van der Waals surface area (Å²) in [6, 6.07) is 3.77. The highest BCUT2D eigenvalue weighted by molar-refractivity contribution is 5.92. The largest absolute Gasteiger partial charge is 0.472 e. The second-order valence-corrected chi connectivity index (χ2v) is 5.39. The molecule has 1 aromatic rings. The molecule has 19 heavy (non-hydrogen) atoms. The number of rotatable bonds is 5. The van der Waals surface area contributed by atoms with E-state index in [9.17, 15) is 4.79 Å². The van der Waals surface area contributed by atoms with E-state index in [4.69, 9.17) is 9.84 Å². The van der Waals surface area contributed by atoms with E-state index in [0.29, 0.717) is 24.5 Å². The summed E-state index contributed by atoms with van der Waals surface area (Å²) in [7, 11) is 0. The lowest BCUT2D eigenvalue weighted by Gasteiger charge is -2.26. The SMILES string of the molecule is CC(C)(CCCO)Oc1ccc2c(n1)NC(=O)CC2. The smallest absolute Gasteiger partial charge is 0.225 e. The number of fused-ring (bicyclic) bond motifs is 1. The minimum absolute atomic E-state index is 0.00306. The van der Waals surface area contributed by atoms with Crippen LogP contribution in [-0.2, 0) is 11.2 Å². The fraction of sp³-hybridized carbons (Fsp3) is 0.571. The van der Waals surface area contributed by atoms with Crippen molar-refractivity contribution in [1.82, 2.24) is 4.98 Å². The molecule has 1 aliphatic heterocycles. The van der Waals surface area contributed by atoms with Gasteiger partial charge in [-0.25, -0.2) is 0 Å². The Morgan fingerprint density at radius 3 is 2.95 bits per heavy atom. The van der Waals surface area contributed by atoms with Gasteiger partial charge in [0.1, 0.15) is 11.4 Å². The van der Waals surface area contributed by atoms with Crippen molar-refractivity contribution in [1.29, 1.82) is 0 Å². The first kappa shape index (κ1) is 13.8. The van der Waals surface area contributed by atoms with Gasteiger partial charge < -0.3 is 15.2 Å². The van der Waals surface area contributed by atoms with E-state index in [0.717, 1.165) is 18.4 Å². The number of aryl methyl sites for hydroxylation is 1. The van der Waals surface area contributed by atoms with Gasteiger partial charge in [-0.1, -0.05) is 0 Å². The van der Waals surface area contributed by atoms with Gasteiger partial charge in [0.25, 0.3) is 0 Å². The third-order valence-corrected chi connectivity index (χ3v) is 3.15. The molecule has 0 bridgehead atoms. The number of pyridine rings is 1. The molecule has 1 aliphatic rings. The predicted molar refractivity (Wildman–Crippen MR) is 72.2 cm³/mol. The second-order valence-electron chi connectivity index (χ2n) is 5.39. The number of nitrogens with zero attached hydrogens (tertiary/aromatic N) is 1. The highest BCUT2D eigenvalue weighted by Gasteiger charge is 2.22. The average Bonchev–Trinajstić information content (AvgIpc) is 2.35. The normalized spacial score (nSPS) is 14.8. The number of hydrogen-bond acceptors (Lipinski definition) is 4. The van der Waals surface area contributed by atoms with E-state index < -0.39 is 0 Å². The summed E-state index contributed by atoms with van der Waals surface area (Å²) in [5.41, 5.74) is 0.656. The van der Waals surface area contributed by atoms with Gasteiger partial charge in [-0.05, 0) is 44.7 Å². The third kappa shape index (κ3) is 3.67. The molecule has 0 saturated carbocycles. The van der Waals surface area contributed by atoms with Crippen molar-refractivity contribution in [2.75, 3.05) is 11.9 Å². The molecule has 0 aliphatic carbocycles. The van der Waals surface area contributed by atoms with Gasteiger partial charge in [-0.15, -0.1) is 0 Å². The molecular formula is C14H20N2O3. The first-order chi connectivity index (χ1) is 9.00. The fourth-order valence-electron chi connectivity index (χ4n) is 2.12. The lowest BCUT2D eigenvalue weighted by Crippen LogP contribution is -2.29. The molecule has 104 valence electrons. The Kier molecular flexibility index (Phi) is 4.04. The number of ether oxygens (including phenoxy) is 1. The summed E-state index contributed by atoms with van der Waals surface area (Å²) in [5.74, 6) is 1.10. The Balaban J connectivity index is 2.09. The zero-order valence-electron chi connectivity index (χ0n) is 11.4. The van der Waals surface area contributed by atoms with Crippen LogP contribution in [0.4, 0.5) is 5.82 Å². The molecule has 2 heterocycles. The van der Waals surface area contributed by atoms with E-state index in [1.807, 2.05) is 26.0 Å². The molecule has 0 fully saturated rings. The highest BCUT2D eigenvalue weighted by atomic mass is 16.5. The van der Waals surface area contributed by atoms with Crippen LogP contribution < -0.4 is 10.1 Å². The van der Waals surface area contributed by atoms with Crippen LogP contribution in [0.25, 0.3) is 0 Å². The van der Waals surface area contributed by atoms with Crippen LogP contribution in [0.5, 0.6) is 5.88 Å². The molecule has 5 nitrogen and oxygen atoms in total. The monoisotopic (exact) mass is 264 g/mol. The van der Waals surface area contributed by atoms with E-state index in [1.54, 1.807) is 0 Å². The van der Waals surface area contributed by atoms with Gasteiger partial charge >= 0.3 is 0 Å². The van der Waals surface area contributed by atoms with Gasteiger partial charge in [0.2, 0.25) is 11.8 Å². The van der Waals surface area contributed by atoms with Crippen molar-refractivity contribution in [2.45, 2.75) is 45.1 Å². The maximum Gasteiger partial charge on any atom is 0.225 e. The van der Waals surface area contributed by atoms with Gasteiger partial charge in [0.15, 0.2) is 0 Å². The molecule has 0 atom stereocenters. The lowest BCUT2D eigenvalue weighted by molar-refractivity contribution is -0.116. The Morgan fingerprint density at radius 2 is 2.21 bits per heavy atom. The summed E-state index contributed by atoms with van der Waals surface area (Å²) in [6.07, 6.45) is 2.67. The average molecular weight is 264 g/mol. The van der Waals surface area contributed by atoms with Crippen molar-refractivity contribution < 1.29 is 14.6 Å². The number of carbonyl (C=O) groups excluding carboxylic acids is 1. The molecule has 5 heteroatoms. The standard InChI is InChI=1S/C14H20N2O3/c1-14(2,8-3-9-17)19-12-7-5-10-4-6-11(18)15-13(10)16-12/h5,7,17H,3-4,6,8-9H2,1-2H3,(H,15,16,18). The van der Waals surface area contributed by atoms with E-state index in [-0.39, 0.29) is 18.1 Å². The third-order valence-electron chi connectivity index (χ3n) is 3.15. The number of aromatic nitrogens is 1. The summed E-state index contributed by atoms with van der Waals surface area (Å²) in [6.45, 7) is 4.07. The summed E-state index contributed by atoms with van der Waals surface area (Å²) in [4.78, 5) is 15.7. The molecule has 2 N–H and O–H groups in total. The van der Waals surface area contributed by atoms with Gasteiger partial charge in [0.05, 0.1) is 0 Å². The number of carbonyl (C=O) groups is 1. The zero-order chi connectivity index (χ0) is 13.9. The Bertz CT molecular complexity index is 472. The van der Waals surface area contributed by atoms with Crippen LogP contribution in [0, 0.1) is 0 Å². The Labute approximate surface area is 113 Å². The molecule has 0 aromatic carbocycles. The summed E-state index contributed by atoms with van der Waals surface area (Å²) in [5, 5.41) is 11.6.